The summed E-state index contributed by atoms with van der Waals surface area (Å²) in [7, 11) is 0. The van der Waals surface area contributed by atoms with Gasteiger partial charge < -0.3 is 5.32 Å². The van der Waals surface area contributed by atoms with Crippen molar-refractivity contribution in [1.29, 1.82) is 0 Å². The number of nitro groups is 1. The molecule has 1 aromatic heterocycles. The lowest BCUT2D eigenvalue weighted by Gasteiger charge is -2.13. The number of benzene rings is 1. The number of carbonyl (C=O) groups is 1. The molecule has 2 rings (SSSR count). The van der Waals surface area contributed by atoms with Gasteiger partial charge in [0.1, 0.15) is 6.04 Å². The predicted molar refractivity (Wildman–Crippen MR) is 93.9 cm³/mol. The van der Waals surface area contributed by atoms with Gasteiger partial charge in [0.15, 0.2) is 0 Å². The van der Waals surface area contributed by atoms with Crippen molar-refractivity contribution in [2.45, 2.75) is 13.0 Å². The summed E-state index contributed by atoms with van der Waals surface area (Å²) in [4.78, 5) is 22.6. The van der Waals surface area contributed by atoms with E-state index in [1.54, 1.807) is 13.0 Å². The lowest BCUT2D eigenvalue weighted by atomic mass is 10.2. The van der Waals surface area contributed by atoms with Gasteiger partial charge in [0.2, 0.25) is 0 Å². The number of hydrazone groups is 1. The molecule has 7 nitrogen and oxygen atoms in total. The van der Waals surface area contributed by atoms with Gasteiger partial charge in [-0.1, -0.05) is 27.3 Å². The maximum absolute atomic E-state index is 11.9. The molecule has 1 heterocycles. The Balaban J connectivity index is 1.86. The highest BCUT2D eigenvalue weighted by atomic mass is 79.9. The third kappa shape index (κ3) is 5.15. The molecule has 0 saturated heterocycles. The molecule has 9 heteroatoms. The van der Waals surface area contributed by atoms with Crippen LogP contribution in [0.5, 0.6) is 0 Å². The zero-order valence-electron chi connectivity index (χ0n) is 12.0. The Morgan fingerprint density at radius 2 is 2.04 bits per heavy atom. The molecule has 1 atom stereocenters. The van der Waals surface area contributed by atoms with Crippen molar-refractivity contribution >= 4 is 50.1 Å². The molecule has 0 aliphatic rings. The number of nitrogens with one attached hydrogen (secondary N) is 2. The number of anilines is 1. The SMILES string of the molecule is C[C@H](Nc1ccc(Br)cc1)C(=O)N/N=C\c1ccc([N+](=O)[O-])s1. The van der Waals surface area contributed by atoms with Gasteiger partial charge in [0, 0.05) is 16.2 Å². The lowest BCUT2D eigenvalue weighted by molar-refractivity contribution is -0.380. The number of hydrogen-bond acceptors (Lipinski definition) is 6. The number of rotatable bonds is 6. The van der Waals surface area contributed by atoms with Gasteiger partial charge in [-0.3, -0.25) is 14.9 Å². The summed E-state index contributed by atoms with van der Waals surface area (Å²) in [5.74, 6) is -0.310. The van der Waals surface area contributed by atoms with Gasteiger partial charge >= 0.3 is 5.00 Å². The minimum atomic E-state index is -0.481. The molecule has 120 valence electrons. The van der Waals surface area contributed by atoms with Gasteiger partial charge in [-0.2, -0.15) is 5.10 Å². The number of nitrogens with zero attached hydrogens (tertiary/aromatic N) is 2. The summed E-state index contributed by atoms with van der Waals surface area (Å²) >= 11 is 4.33. The summed E-state index contributed by atoms with van der Waals surface area (Å²) in [5, 5.41) is 17.5. The molecule has 1 aromatic carbocycles. The molecular weight excluding hydrogens is 384 g/mol. The van der Waals surface area contributed by atoms with Gasteiger partial charge in [-0.15, -0.1) is 0 Å². The molecule has 23 heavy (non-hydrogen) atoms. The van der Waals surface area contributed by atoms with Crippen LogP contribution in [0.1, 0.15) is 11.8 Å². The molecule has 0 fully saturated rings. The van der Waals surface area contributed by atoms with Crippen molar-refractivity contribution in [1.82, 2.24) is 5.43 Å². The Bertz CT molecular complexity index is 730. The van der Waals surface area contributed by atoms with Crippen molar-refractivity contribution in [2.24, 2.45) is 5.10 Å². The van der Waals surface area contributed by atoms with Crippen LogP contribution in [0.4, 0.5) is 10.7 Å². The molecule has 0 spiro atoms. The maximum atomic E-state index is 11.9. The number of carbonyl (C=O) groups excluding carboxylic acids is 1. The largest absolute Gasteiger partial charge is 0.374 e. The van der Waals surface area contributed by atoms with Crippen LogP contribution >= 0.6 is 27.3 Å². The number of halogens is 1. The first-order valence-corrected chi connectivity index (χ1v) is 8.16. The molecular formula is C14H13BrN4O3S. The van der Waals surface area contributed by atoms with E-state index in [4.69, 9.17) is 0 Å². The van der Waals surface area contributed by atoms with Crippen molar-refractivity contribution < 1.29 is 9.72 Å². The first-order chi connectivity index (χ1) is 11.0. The highest BCUT2D eigenvalue weighted by Crippen LogP contribution is 2.22. The third-order valence-electron chi connectivity index (χ3n) is 2.78. The van der Waals surface area contributed by atoms with E-state index >= 15 is 0 Å². The average molecular weight is 397 g/mol. The van der Waals surface area contributed by atoms with E-state index in [1.807, 2.05) is 24.3 Å². The van der Waals surface area contributed by atoms with E-state index < -0.39 is 11.0 Å². The maximum Gasteiger partial charge on any atom is 0.324 e. The van der Waals surface area contributed by atoms with Crippen LogP contribution in [-0.2, 0) is 4.79 Å². The van der Waals surface area contributed by atoms with Gasteiger partial charge in [0.05, 0.1) is 16.0 Å². The highest BCUT2D eigenvalue weighted by molar-refractivity contribution is 9.10. The van der Waals surface area contributed by atoms with Crippen LogP contribution < -0.4 is 10.7 Å². The summed E-state index contributed by atoms with van der Waals surface area (Å²) in [6, 6.07) is 9.92. The van der Waals surface area contributed by atoms with Crippen LogP contribution in [0.3, 0.4) is 0 Å². The van der Waals surface area contributed by atoms with Crippen LogP contribution in [0, 0.1) is 10.1 Å². The van der Waals surface area contributed by atoms with Crippen LogP contribution in [0.2, 0.25) is 0 Å². The summed E-state index contributed by atoms with van der Waals surface area (Å²) in [6.45, 7) is 1.71. The Labute approximate surface area is 144 Å². The second-order valence-corrected chi connectivity index (χ2v) is 6.55. The normalized spacial score (nSPS) is 12.1. The average Bonchev–Trinajstić information content (AvgIpc) is 2.98. The van der Waals surface area contributed by atoms with E-state index in [2.05, 4.69) is 31.8 Å². The molecule has 2 N–H and O–H groups in total. The van der Waals surface area contributed by atoms with E-state index in [-0.39, 0.29) is 10.9 Å². The number of amides is 1. The number of thiophene rings is 1. The van der Waals surface area contributed by atoms with E-state index in [0.717, 1.165) is 21.5 Å². The summed E-state index contributed by atoms with van der Waals surface area (Å²) in [5.41, 5.74) is 3.21. The fraction of sp³-hybridized carbons (Fsp3) is 0.143. The first-order valence-electron chi connectivity index (χ1n) is 6.55. The highest BCUT2D eigenvalue weighted by Gasteiger charge is 2.12. The zero-order chi connectivity index (χ0) is 16.8. The van der Waals surface area contributed by atoms with Gasteiger partial charge in [-0.25, -0.2) is 5.43 Å². The minimum absolute atomic E-state index is 0.0306. The third-order valence-corrected chi connectivity index (χ3v) is 4.28. The summed E-state index contributed by atoms with van der Waals surface area (Å²) in [6.07, 6.45) is 1.38. The lowest BCUT2D eigenvalue weighted by Crippen LogP contribution is -2.34. The molecule has 0 aliphatic heterocycles. The Kier molecular flexibility index (Phi) is 5.83. The predicted octanol–water partition coefficient (Wildman–Crippen LogP) is 3.37. The minimum Gasteiger partial charge on any atom is -0.374 e. The van der Waals surface area contributed by atoms with Crippen LogP contribution in [-0.4, -0.2) is 23.1 Å². The fourth-order valence-electron chi connectivity index (χ4n) is 1.63. The van der Waals surface area contributed by atoms with Gasteiger partial charge in [0.25, 0.3) is 5.91 Å². The molecule has 0 bridgehead atoms. The second kappa shape index (κ2) is 7.84. The van der Waals surface area contributed by atoms with Crippen molar-refractivity contribution in [3.05, 3.63) is 55.9 Å². The molecule has 0 unspecified atom stereocenters. The number of hydrogen-bond donors (Lipinski definition) is 2. The van der Waals surface area contributed by atoms with Crippen molar-refractivity contribution in [2.75, 3.05) is 5.32 Å². The summed E-state index contributed by atoms with van der Waals surface area (Å²) < 4.78 is 0.954. The van der Waals surface area contributed by atoms with E-state index in [1.165, 1.54) is 12.3 Å². The topological polar surface area (TPSA) is 96.6 Å². The molecule has 2 aromatic rings. The Morgan fingerprint density at radius 3 is 2.65 bits per heavy atom. The van der Waals surface area contributed by atoms with Crippen LogP contribution in [0.25, 0.3) is 0 Å². The smallest absolute Gasteiger partial charge is 0.324 e. The zero-order valence-corrected chi connectivity index (χ0v) is 14.4. The fourth-order valence-corrected chi connectivity index (χ4v) is 2.59. The second-order valence-electron chi connectivity index (χ2n) is 4.54. The quantitative estimate of drug-likeness (QED) is 0.444. The molecule has 0 radical (unpaired) electrons. The van der Waals surface area contributed by atoms with E-state index in [9.17, 15) is 14.9 Å². The molecule has 1 amide bonds. The molecule has 0 saturated carbocycles. The van der Waals surface area contributed by atoms with Crippen molar-refractivity contribution in [3.8, 4) is 0 Å². The van der Waals surface area contributed by atoms with Crippen LogP contribution in [0.15, 0.2) is 46.0 Å². The van der Waals surface area contributed by atoms with Crippen molar-refractivity contribution in [3.63, 3.8) is 0 Å². The van der Waals surface area contributed by atoms with E-state index in [0.29, 0.717) is 4.88 Å². The standard InChI is InChI=1S/C14H13BrN4O3S/c1-9(17-11-4-2-10(15)3-5-11)14(20)18-16-8-12-6-7-13(23-12)19(21)22/h2-9,17H,1H3,(H,18,20)/b16-8-/t9-/m0/s1. The monoisotopic (exact) mass is 396 g/mol. The molecule has 0 aliphatic carbocycles. The Morgan fingerprint density at radius 1 is 1.35 bits per heavy atom. The van der Waals surface area contributed by atoms with Gasteiger partial charge in [-0.05, 0) is 37.3 Å². The Hall–Kier alpha value is -2.26. The first kappa shape index (κ1) is 17.1.